The summed E-state index contributed by atoms with van der Waals surface area (Å²) in [7, 11) is 0. The van der Waals surface area contributed by atoms with Gasteiger partial charge < -0.3 is 14.8 Å². The van der Waals surface area contributed by atoms with Gasteiger partial charge in [-0.2, -0.15) is 13.2 Å². The Balaban J connectivity index is 1.44. The number of hydrogen-bond donors (Lipinski definition) is 1. The fourth-order valence-electron chi connectivity index (χ4n) is 3.13. The average molecular weight is 417 g/mol. The van der Waals surface area contributed by atoms with Crippen molar-refractivity contribution in [1.29, 1.82) is 0 Å². The zero-order chi connectivity index (χ0) is 21.1. The molecule has 156 valence electrons. The van der Waals surface area contributed by atoms with Crippen LogP contribution in [-0.4, -0.2) is 35.1 Å². The summed E-state index contributed by atoms with van der Waals surface area (Å²) in [4.78, 5) is 20.4. The number of nitrogens with one attached hydrogen (secondary N) is 1. The molecule has 0 saturated carbocycles. The Morgan fingerprint density at radius 3 is 2.77 bits per heavy atom. The number of alkyl halides is 3. The fourth-order valence-corrected chi connectivity index (χ4v) is 3.13. The minimum absolute atomic E-state index is 0.0421. The van der Waals surface area contributed by atoms with Crippen LogP contribution in [0.2, 0.25) is 0 Å². The van der Waals surface area contributed by atoms with Crippen LogP contribution in [0.5, 0.6) is 11.6 Å². The second-order valence-corrected chi connectivity index (χ2v) is 6.88. The molecule has 3 heterocycles. The van der Waals surface area contributed by atoms with Gasteiger partial charge in [-0.05, 0) is 43.2 Å². The second kappa shape index (κ2) is 8.27. The molecule has 3 aromatic rings. The number of fused-ring (bicyclic) bond motifs is 1. The number of rotatable bonds is 5. The molecule has 2 aromatic heterocycles. The number of carbonyl (C=O) groups is 1. The first kappa shape index (κ1) is 20.1. The molecular weight excluding hydrogens is 399 g/mol. The van der Waals surface area contributed by atoms with Crippen LogP contribution in [0.1, 0.15) is 28.9 Å². The summed E-state index contributed by atoms with van der Waals surface area (Å²) in [6.07, 6.45) is -1.75. The fraction of sp³-hybridized carbons (Fsp3) is 0.286. The summed E-state index contributed by atoms with van der Waals surface area (Å²) in [6.45, 7) is 1.17. The highest BCUT2D eigenvalue weighted by Crippen LogP contribution is 2.30. The molecule has 1 aliphatic heterocycles. The number of pyridine rings is 2. The van der Waals surface area contributed by atoms with E-state index in [2.05, 4.69) is 15.3 Å². The first-order chi connectivity index (χ1) is 14.4. The molecule has 0 radical (unpaired) electrons. The van der Waals surface area contributed by atoms with Crippen LogP contribution < -0.4 is 10.1 Å². The van der Waals surface area contributed by atoms with E-state index in [1.54, 1.807) is 30.3 Å². The number of ether oxygens (including phenoxy) is 2. The van der Waals surface area contributed by atoms with E-state index in [0.717, 1.165) is 43.2 Å². The maximum atomic E-state index is 12.6. The summed E-state index contributed by atoms with van der Waals surface area (Å²) in [5.74, 6) is 0.161. The van der Waals surface area contributed by atoms with Crippen LogP contribution in [0, 0.1) is 0 Å². The first-order valence-electron chi connectivity index (χ1n) is 9.40. The zero-order valence-electron chi connectivity index (χ0n) is 15.8. The summed E-state index contributed by atoms with van der Waals surface area (Å²) < 4.78 is 48.9. The van der Waals surface area contributed by atoms with Crippen molar-refractivity contribution >= 4 is 16.8 Å². The van der Waals surface area contributed by atoms with Gasteiger partial charge in [-0.25, -0.2) is 9.97 Å². The molecule has 1 N–H and O–H groups in total. The number of hydrogen-bond acceptors (Lipinski definition) is 5. The van der Waals surface area contributed by atoms with Gasteiger partial charge in [-0.15, -0.1) is 0 Å². The molecule has 1 atom stereocenters. The van der Waals surface area contributed by atoms with Crippen molar-refractivity contribution in [3.8, 4) is 11.6 Å². The molecule has 6 nitrogen and oxygen atoms in total. The third-order valence-electron chi connectivity index (χ3n) is 4.69. The molecule has 1 aliphatic rings. The molecule has 1 saturated heterocycles. The average Bonchev–Trinajstić information content (AvgIpc) is 3.25. The van der Waals surface area contributed by atoms with E-state index < -0.39 is 11.7 Å². The Morgan fingerprint density at radius 1 is 1.20 bits per heavy atom. The maximum Gasteiger partial charge on any atom is 0.417 e. The Labute approximate surface area is 170 Å². The van der Waals surface area contributed by atoms with E-state index in [1.165, 1.54) is 0 Å². The maximum absolute atomic E-state index is 12.6. The quantitative estimate of drug-likeness (QED) is 0.668. The Bertz CT molecular complexity index is 1050. The van der Waals surface area contributed by atoms with Crippen LogP contribution in [0.15, 0.2) is 48.7 Å². The Morgan fingerprint density at radius 2 is 2.07 bits per heavy atom. The van der Waals surface area contributed by atoms with Gasteiger partial charge in [0.05, 0.1) is 17.2 Å². The van der Waals surface area contributed by atoms with E-state index in [-0.39, 0.29) is 17.9 Å². The van der Waals surface area contributed by atoms with Gasteiger partial charge in [-0.3, -0.25) is 4.79 Å². The standard InChI is InChI=1S/C21H18F3N3O3/c22-21(23,24)14-4-8-19(25-11-14)30-15-5-7-17-13(10-15)3-6-18(27-17)20(28)26-12-16-2-1-9-29-16/h3-8,10-11,16H,1-2,9,12H2,(H,26,28)/t16-/m1/s1. The van der Waals surface area contributed by atoms with Crippen molar-refractivity contribution in [3.05, 3.63) is 59.9 Å². The van der Waals surface area contributed by atoms with E-state index in [1.807, 2.05) is 0 Å². The highest BCUT2D eigenvalue weighted by atomic mass is 19.4. The summed E-state index contributed by atoms with van der Waals surface area (Å²) >= 11 is 0. The van der Waals surface area contributed by atoms with E-state index >= 15 is 0 Å². The molecule has 1 amide bonds. The van der Waals surface area contributed by atoms with E-state index in [0.29, 0.717) is 23.5 Å². The third-order valence-corrected chi connectivity index (χ3v) is 4.69. The van der Waals surface area contributed by atoms with Crippen LogP contribution in [0.4, 0.5) is 13.2 Å². The molecule has 1 fully saturated rings. The van der Waals surface area contributed by atoms with Gasteiger partial charge >= 0.3 is 6.18 Å². The SMILES string of the molecule is O=C(NC[C@H]1CCCO1)c1ccc2cc(Oc3ccc(C(F)(F)F)cn3)ccc2n1. The Kier molecular flexibility index (Phi) is 5.54. The molecule has 0 aliphatic carbocycles. The molecule has 1 aromatic carbocycles. The summed E-state index contributed by atoms with van der Waals surface area (Å²) in [5.41, 5.74) is 0.0360. The summed E-state index contributed by atoms with van der Waals surface area (Å²) in [5, 5.41) is 3.54. The number of halogens is 3. The van der Waals surface area contributed by atoms with Crippen molar-refractivity contribution < 1.29 is 27.4 Å². The second-order valence-electron chi connectivity index (χ2n) is 6.88. The molecule has 0 unspecified atom stereocenters. The molecule has 30 heavy (non-hydrogen) atoms. The van der Waals surface area contributed by atoms with Crippen LogP contribution in [-0.2, 0) is 10.9 Å². The van der Waals surface area contributed by atoms with E-state index in [9.17, 15) is 18.0 Å². The van der Waals surface area contributed by atoms with Crippen LogP contribution in [0.3, 0.4) is 0 Å². The minimum atomic E-state index is -4.45. The molecule has 9 heteroatoms. The molecule has 0 spiro atoms. The zero-order valence-corrected chi connectivity index (χ0v) is 15.8. The van der Waals surface area contributed by atoms with Crippen LogP contribution in [0.25, 0.3) is 10.9 Å². The lowest BCUT2D eigenvalue weighted by atomic mass is 10.2. The number of nitrogens with zero attached hydrogens (tertiary/aromatic N) is 2. The lowest BCUT2D eigenvalue weighted by molar-refractivity contribution is -0.137. The normalized spacial score (nSPS) is 16.6. The third kappa shape index (κ3) is 4.68. The molecule has 4 rings (SSSR count). The number of benzene rings is 1. The first-order valence-corrected chi connectivity index (χ1v) is 9.40. The minimum Gasteiger partial charge on any atom is -0.439 e. The monoisotopic (exact) mass is 417 g/mol. The largest absolute Gasteiger partial charge is 0.439 e. The number of amides is 1. The lowest BCUT2D eigenvalue weighted by Gasteiger charge is -2.11. The van der Waals surface area contributed by atoms with Gasteiger partial charge in [0, 0.05) is 30.8 Å². The highest BCUT2D eigenvalue weighted by Gasteiger charge is 2.30. The lowest BCUT2D eigenvalue weighted by Crippen LogP contribution is -2.32. The van der Waals surface area contributed by atoms with Gasteiger partial charge in [-0.1, -0.05) is 6.07 Å². The van der Waals surface area contributed by atoms with Gasteiger partial charge in [0.1, 0.15) is 11.4 Å². The van der Waals surface area contributed by atoms with Crippen molar-refractivity contribution in [2.75, 3.05) is 13.2 Å². The predicted octanol–water partition coefficient (Wildman–Crippen LogP) is 4.35. The van der Waals surface area contributed by atoms with Crippen molar-refractivity contribution in [2.24, 2.45) is 0 Å². The van der Waals surface area contributed by atoms with Crippen molar-refractivity contribution in [2.45, 2.75) is 25.1 Å². The number of aromatic nitrogens is 2. The number of carbonyl (C=O) groups excluding carboxylic acids is 1. The Hall–Kier alpha value is -3.20. The summed E-state index contributed by atoms with van der Waals surface area (Å²) in [6, 6.07) is 10.4. The smallest absolute Gasteiger partial charge is 0.417 e. The molecular formula is C21H18F3N3O3. The van der Waals surface area contributed by atoms with Gasteiger partial charge in [0.2, 0.25) is 5.88 Å². The van der Waals surface area contributed by atoms with E-state index in [4.69, 9.17) is 9.47 Å². The highest BCUT2D eigenvalue weighted by molar-refractivity contribution is 5.95. The van der Waals surface area contributed by atoms with Gasteiger partial charge in [0.15, 0.2) is 0 Å². The van der Waals surface area contributed by atoms with Gasteiger partial charge in [0.25, 0.3) is 5.91 Å². The predicted molar refractivity (Wildman–Crippen MR) is 102 cm³/mol. The van der Waals surface area contributed by atoms with Crippen molar-refractivity contribution in [1.82, 2.24) is 15.3 Å². The van der Waals surface area contributed by atoms with Crippen LogP contribution >= 0.6 is 0 Å². The van der Waals surface area contributed by atoms with Crippen molar-refractivity contribution in [3.63, 3.8) is 0 Å². The molecule has 0 bridgehead atoms. The topological polar surface area (TPSA) is 73.3 Å².